The number of nitrogens with one attached hydrogen (secondary N) is 1. The second-order valence-corrected chi connectivity index (χ2v) is 10.6. The minimum atomic E-state index is -3.36. The minimum Gasteiger partial charge on any atom is -0.298 e. The van der Waals surface area contributed by atoms with Crippen LogP contribution in [0.25, 0.3) is 27.2 Å². The minimum absolute atomic E-state index is 0.185. The number of aromatic nitrogens is 3. The van der Waals surface area contributed by atoms with Crippen LogP contribution in [0.5, 0.6) is 0 Å². The lowest BCUT2D eigenvalue weighted by Crippen LogP contribution is -2.12. The van der Waals surface area contributed by atoms with E-state index < -0.39 is 15.7 Å². The number of fused-ring (bicyclic) bond motifs is 1. The molecule has 0 saturated carbocycles. The summed E-state index contributed by atoms with van der Waals surface area (Å²) < 4.78 is 39.4. The van der Waals surface area contributed by atoms with Crippen LogP contribution in [-0.2, 0) is 9.84 Å². The Morgan fingerprint density at radius 3 is 2.47 bits per heavy atom. The van der Waals surface area contributed by atoms with Gasteiger partial charge < -0.3 is 0 Å². The molecule has 0 spiro atoms. The van der Waals surface area contributed by atoms with Crippen molar-refractivity contribution in [1.82, 2.24) is 14.8 Å². The van der Waals surface area contributed by atoms with Crippen molar-refractivity contribution in [2.45, 2.75) is 4.90 Å². The highest BCUT2D eigenvalue weighted by Crippen LogP contribution is 2.30. The van der Waals surface area contributed by atoms with Crippen LogP contribution in [0.4, 0.5) is 9.52 Å². The third-order valence-electron chi connectivity index (χ3n) is 5.11. The van der Waals surface area contributed by atoms with Crippen LogP contribution in [0, 0.1) is 5.82 Å². The van der Waals surface area contributed by atoms with Gasteiger partial charge in [-0.05, 0) is 54.6 Å². The molecule has 0 atom stereocenters. The summed E-state index contributed by atoms with van der Waals surface area (Å²) in [6, 6.07) is 19.7. The van der Waals surface area contributed by atoms with E-state index in [-0.39, 0.29) is 16.3 Å². The molecule has 170 valence electrons. The first-order valence-corrected chi connectivity index (χ1v) is 12.8. The monoisotopic (exact) mass is 492 g/mol. The Balaban J connectivity index is 1.52. The molecule has 5 aromatic rings. The van der Waals surface area contributed by atoms with Gasteiger partial charge in [-0.3, -0.25) is 10.1 Å². The number of carbonyl (C=O) groups is 1. The van der Waals surface area contributed by atoms with Crippen molar-refractivity contribution >= 4 is 42.4 Å². The van der Waals surface area contributed by atoms with Gasteiger partial charge in [-0.1, -0.05) is 29.5 Å². The molecule has 2 heterocycles. The van der Waals surface area contributed by atoms with E-state index >= 15 is 0 Å². The number of anilines is 1. The molecule has 1 amide bonds. The summed E-state index contributed by atoms with van der Waals surface area (Å²) in [4.78, 5) is 17.8. The van der Waals surface area contributed by atoms with Gasteiger partial charge >= 0.3 is 0 Å². The van der Waals surface area contributed by atoms with Gasteiger partial charge in [0.25, 0.3) is 5.91 Å². The van der Waals surface area contributed by atoms with Crippen LogP contribution in [0.3, 0.4) is 0 Å². The van der Waals surface area contributed by atoms with Crippen molar-refractivity contribution in [3.8, 4) is 16.9 Å². The van der Waals surface area contributed by atoms with E-state index in [9.17, 15) is 17.6 Å². The number of benzene rings is 3. The molecule has 34 heavy (non-hydrogen) atoms. The van der Waals surface area contributed by atoms with Crippen molar-refractivity contribution in [2.24, 2.45) is 0 Å². The van der Waals surface area contributed by atoms with Gasteiger partial charge in [-0.15, -0.1) is 0 Å². The van der Waals surface area contributed by atoms with E-state index in [1.54, 1.807) is 29.1 Å². The second kappa shape index (κ2) is 8.47. The molecule has 0 radical (unpaired) electrons. The number of nitrogens with zero attached hydrogens (tertiary/aromatic N) is 3. The van der Waals surface area contributed by atoms with Gasteiger partial charge in [0, 0.05) is 18.0 Å². The van der Waals surface area contributed by atoms with Crippen molar-refractivity contribution < 1.29 is 17.6 Å². The van der Waals surface area contributed by atoms with Gasteiger partial charge in [0.05, 0.1) is 26.4 Å². The zero-order valence-corrected chi connectivity index (χ0v) is 19.4. The molecule has 10 heteroatoms. The lowest BCUT2D eigenvalue weighted by Gasteiger charge is -2.02. The standard InChI is InChI=1S/C24H17FN4O3S2/c1-34(31,32)18-11-12-20-21(13-18)33-24(26-20)27-23(30)19-14-29(17-5-3-2-4-6-17)28-22(19)15-7-9-16(25)10-8-15/h2-14H,1H3,(H,26,27,30). The molecule has 0 unspecified atom stereocenters. The van der Waals surface area contributed by atoms with E-state index in [0.29, 0.717) is 26.6 Å². The first kappa shape index (κ1) is 21.9. The number of hydrogen-bond acceptors (Lipinski definition) is 6. The number of thiazole rings is 1. The Kier molecular flexibility index (Phi) is 5.46. The molecule has 0 aliphatic rings. The smallest absolute Gasteiger partial charge is 0.261 e. The van der Waals surface area contributed by atoms with Crippen molar-refractivity contribution in [3.63, 3.8) is 0 Å². The molecule has 2 aromatic heterocycles. The number of rotatable bonds is 5. The van der Waals surface area contributed by atoms with Crippen molar-refractivity contribution in [2.75, 3.05) is 11.6 Å². The first-order chi connectivity index (χ1) is 16.3. The predicted molar refractivity (Wildman–Crippen MR) is 130 cm³/mol. The number of sulfone groups is 1. The summed E-state index contributed by atoms with van der Waals surface area (Å²) in [6.45, 7) is 0. The molecule has 0 aliphatic carbocycles. The molecule has 5 rings (SSSR count). The molecule has 7 nitrogen and oxygen atoms in total. The number of amides is 1. The highest BCUT2D eigenvalue weighted by atomic mass is 32.2. The summed E-state index contributed by atoms with van der Waals surface area (Å²) in [5.74, 6) is -0.830. The van der Waals surface area contributed by atoms with Crippen LogP contribution >= 0.6 is 11.3 Å². The Morgan fingerprint density at radius 2 is 1.76 bits per heavy atom. The van der Waals surface area contributed by atoms with Crippen LogP contribution in [0.1, 0.15) is 10.4 Å². The zero-order valence-electron chi connectivity index (χ0n) is 17.8. The number of para-hydroxylation sites is 1. The lowest BCUT2D eigenvalue weighted by molar-refractivity contribution is 0.102. The first-order valence-electron chi connectivity index (χ1n) is 10.1. The highest BCUT2D eigenvalue weighted by Gasteiger charge is 2.20. The molecule has 0 saturated heterocycles. The third kappa shape index (κ3) is 4.33. The zero-order chi connectivity index (χ0) is 23.9. The summed E-state index contributed by atoms with van der Waals surface area (Å²) in [5.41, 5.74) is 2.60. The fraction of sp³-hybridized carbons (Fsp3) is 0.0417. The lowest BCUT2D eigenvalue weighted by atomic mass is 10.1. The van der Waals surface area contributed by atoms with Gasteiger partial charge in [0.2, 0.25) is 0 Å². The Morgan fingerprint density at radius 1 is 1.03 bits per heavy atom. The second-order valence-electron chi connectivity index (χ2n) is 7.55. The van der Waals surface area contributed by atoms with Gasteiger partial charge in [-0.25, -0.2) is 22.5 Å². The molecule has 1 N–H and O–H groups in total. The predicted octanol–water partition coefficient (Wildman–Crippen LogP) is 4.94. The number of hydrogen-bond donors (Lipinski definition) is 1. The van der Waals surface area contributed by atoms with E-state index in [0.717, 1.165) is 11.9 Å². The van der Waals surface area contributed by atoms with Gasteiger partial charge in [-0.2, -0.15) is 5.10 Å². The molecular weight excluding hydrogens is 475 g/mol. The van der Waals surface area contributed by atoms with Crippen molar-refractivity contribution in [1.29, 1.82) is 0 Å². The van der Waals surface area contributed by atoms with Gasteiger partial charge in [0.15, 0.2) is 15.0 Å². The summed E-state index contributed by atoms with van der Waals surface area (Å²) >= 11 is 1.17. The number of halogens is 1. The summed E-state index contributed by atoms with van der Waals surface area (Å²) in [6.07, 6.45) is 2.75. The van der Waals surface area contributed by atoms with E-state index in [1.807, 2.05) is 30.3 Å². The van der Waals surface area contributed by atoms with Crippen LogP contribution in [0.15, 0.2) is 83.9 Å². The van der Waals surface area contributed by atoms with Crippen molar-refractivity contribution in [3.05, 3.63) is 90.4 Å². The SMILES string of the molecule is CS(=O)(=O)c1ccc2nc(NC(=O)c3cn(-c4ccccc4)nc3-c3ccc(F)cc3)sc2c1. The number of carbonyl (C=O) groups excluding carboxylic acids is 1. The van der Waals surface area contributed by atoms with E-state index in [1.165, 1.54) is 35.6 Å². The normalized spacial score (nSPS) is 11.6. The molecule has 0 fully saturated rings. The molecular formula is C24H17FN4O3S2. The molecule has 0 bridgehead atoms. The van der Waals surface area contributed by atoms with E-state index in [2.05, 4.69) is 15.4 Å². The Hall–Kier alpha value is -3.89. The van der Waals surface area contributed by atoms with Gasteiger partial charge in [0.1, 0.15) is 11.5 Å². The topological polar surface area (TPSA) is 94.0 Å². The Labute approximate surface area is 198 Å². The third-order valence-corrected chi connectivity index (χ3v) is 7.15. The van der Waals surface area contributed by atoms with Crippen LogP contribution in [0.2, 0.25) is 0 Å². The fourth-order valence-corrected chi connectivity index (χ4v) is 5.05. The summed E-state index contributed by atoms with van der Waals surface area (Å²) in [5, 5.41) is 7.68. The highest BCUT2D eigenvalue weighted by molar-refractivity contribution is 7.90. The molecule has 3 aromatic carbocycles. The maximum absolute atomic E-state index is 13.5. The Bertz CT molecular complexity index is 1630. The maximum Gasteiger partial charge on any atom is 0.261 e. The largest absolute Gasteiger partial charge is 0.298 e. The van der Waals surface area contributed by atoms with Crippen LogP contribution in [-0.4, -0.2) is 35.3 Å². The quantitative estimate of drug-likeness (QED) is 0.375. The van der Waals surface area contributed by atoms with Crippen LogP contribution < -0.4 is 5.32 Å². The maximum atomic E-state index is 13.5. The molecule has 0 aliphatic heterocycles. The summed E-state index contributed by atoms with van der Waals surface area (Å²) in [7, 11) is -3.36. The average molecular weight is 493 g/mol. The fourth-order valence-electron chi connectivity index (χ4n) is 3.43. The van der Waals surface area contributed by atoms with E-state index in [4.69, 9.17) is 0 Å². The average Bonchev–Trinajstić information content (AvgIpc) is 3.43.